The van der Waals surface area contributed by atoms with Crippen LogP contribution in [-0.4, -0.2) is 45.5 Å². The maximum absolute atomic E-state index is 5.55. The van der Waals surface area contributed by atoms with E-state index in [1.54, 1.807) is 12.3 Å². The van der Waals surface area contributed by atoms with E-state index in [0.29, 0.717) is 22.7 Å². The fourth-order valence-electron chi connectivity index (χ4n) is 2.33. The zero-order chi connectivity index (χ0) is 13.0. The van der Waals surface area contributed by atoms with E-state index in [4.69, 9.17) is 18.0 Å². The molecule has 0 radical (unpaired) electrons. The first-order chi connectivity index (χ1) is 8.70. The number of likely N-dealkylation sites (N-methyl/N-ethyl adjacent to an activating group) is 1. The van der Waals surface area contributed by atoms with E-state index < -0.39 is 0 Å². The van der Waals surface area contributed by atoms with Crippen LogP contribution in [0.4, 0.5) is 5.95 Å². The Balaban J connectivity index is 1.93. The maximum atomic E-state index is 5.55. The Hall–Kier alpha value is -1.27. The second-order valence-electron chi connectivity index (χ2n) is 4.44. The first kappa shape index (κ1) is 13.2. The lowest BCUT2D eigenvalue weighted by Crippen LogP contribution is -2.35. The van der Waals surface area contributed by atoms with Crippen LogP contribution in [0, 0.1) is 0 Å². The molecule has 0 aliphatic carbocycles. The molecular weight excluding hydrogens is 246 g/mol. The molecule has 3 N–H and O–H groups in total. The van der Waals surface area contributed by atoms with Crippen molar-refractivity contribution in [3.63, 3.8) is 0 Å². The van der Waals surface area contributed by atoms with Gasteiger partial charge in [0.1, 0.15) is 10.7 Å². The van der Waals surface area contributed by atoms with E-state index in [2.05, 4.69) is 27.1 Å². The third-order valence-electron chi connectivity index (χ3n) is 3.31. The monoisotopic (exact) mass is 265 g/mol. The molecule has 0 aromatic carbocycles. The van der Waals surface area contributed by atoms with Crippen LogP contribution in [0.5, 0.6) is 0 Å². The topological polar surface area (TPSA) is 67.1 Å². The number of likely N-dealkylation sites (tertiary alicyclic amines) is 1. The van der Waals surface area contributed by atoms with Crippen molar-refractivity contribution in [3.05, 3.63) is 18.0 Å². The Morgan fingerprint density at radius 3 is 3.22 bits per heavy atom. The predicted octanol–water partition coefficient (Wildman–Crippen LogP) is 1.01. The summed E-state index contributed by atoms with van der Waals surface area (Å²) in [5, 5.41) is 3.27. The highest BCUT2D eigenvalue weighted by atomic mass is 32.1. The summed E-state index contributed by atoms with van der Waals surface area (Å²) in [6.45, 7) is 5.35. The summed E-state index contributed by atoms with van der Waals surface area (Å²) in [5.41, 5.74) is 6.16. The molecule has 0 amide bonds. The Labute approximate surface area is 113 Å². The molecule has 6 heteroatoms. The predicted molar refractivity (Wildman–Crippen MR) is 76.7 cm³/mol. The molecule has 1 aromatic heterocycles. The van der Waals surface area contributed by atoms with Crippen LogP contribution in [0.15, 0.2) is 12.3 Å². The average molecular weight is 265 g/mol. The van der Waals surface area contributed by atoms with Crippen LogP contribution in [-0.2, 0) is 0 Å². The molecule has 0 spiro atoms. The quantitative estimate of drug-likeness (QED) is 0.775. The summed E-state index contributed by atoms with van der Waals surface area (Å²) < 4.78 is 0. The van der Waals surface area contributed by atoms with E-state index in [0.717, 1.165) is 13.1 Å². The van der Waals surface area contributed by atoms with Gasteiger partial charge in [0.15, 0.2) is 0 Å². The molecule has 18 heavy (non-hydrogen) atoms. The van der Waals surface area contributed by atoms with Gasteiger partial charge in [0, 0.05) is 18.8 Å². The summed E-state index contributed by atoms with van der Waals surface area (Å²) >= 11 is 4.90. The molecule has 1 aliphatic rings. The number of thiocarbonyl (C=S) groups is 1. The van der Waals surface area contributed by atoms with Crippen molar-refractivity contribution in [1.29, 1.82) is 0 Å². The first-order valence-electron chi connectivity index (χ1n) is 6.31. The van der Waals surface area contributed by atoms with Gasteiger partial charge in [-0.3, -0.25) is 4.90 Å². The summed E-state index contributed by atoms with van der Waals surface area (Å²) in [6.07, 6.45) is 4.18. The molecule has 1 saturated heterocycles. The van der Waals surface area contributed by atoms with Crippen LogP contribution in [0.3, 0.4) is 0 Å². The van der Waals surface area contributed by atoms with Crippen LogP contribution in [0.25, 0.3) is 0 Å². The van der Waals surface area contributed by atoms with Gasteiger partial charge in [-0.2, -0.15) is 0 Å². The van der Waals surface area contributed by atoms with E-state index in [-0.39, 0.29) is 0 Å². The Morgan fingerprint density at radius 1 is 1.67 bits per heavy atom. The van der Waals surface area contributed by atoms with Crippen LogP contribution in [0.2, 0.25) is 0 Å². The molecule has 5 nitrogen and oxygen atoms in total. The summed E-state index contributed by atoms with van der Waals surface area (Å²) in [6, 6.07) is 2.30. The highest BCUT2D eigenvalue weighted by molar-refractivity contribution is 7.80. The second-order valence-corrected chi connectivity index (χ2v) is 4.88. The highest BCUT2D eigenvalue weighted by Gasteiger charge is 2.22. The average Bonchev–Trinajstić information content (AvgIpc) is 2.84. The summed E-state index contributed by atoms with van der Waals surface area (Å²) in [4.78, 5) is 11.2. The van der Waals surface area contributed by atoms with Gasteiger partial charge >= 0.3 is 0 Å². The molecule has 1 unspecified atom stereocenters. The van der Waals surface area contributed by atoms with Crippen LogP contribution < -0.4 is 11.1 Å². The number of aromatic nitrogens is 2. The van der Waals surface area contributed by atoms with Gasteiger partial charge in [-0.15, -0.1) is 0 Å². The zero-order valence-electron chi connectivity index (χ0n) is 10.6. The van der Waals surface area contributed by atoms with E-state index in [1.165, 1.54) is 19.4 Å². The maximum Gasteiger partial charge on any atom is 0.223 e. The number of hydrogen-bond acceptors (Lipinski definition) is 5. The van der Waals surface area contributed by atoms with Gasteiger partial charge in [-0.25, -0.2) is 9.97 Å². The number of nitrogens with zero attached hydrogens (tertiary/aromatic N) is 3. The summed E-state index contributed by atoms with van der Waals surface area (Å²) in [7, 11) is 0. The number of anilines is 1. The second kappa shape index (κ2) is 6.06. The molecule has 0 bridgehead atoms. The molecule has 2 rings (SSSR count). The van der Waals surface area contributed by atoms with Crippen molar-refractivity contribution in [3.8, 4) is 0 Å². The Morgan fingerprint density at radius 2 is 2.50 bits per heavy atom. The van der Waals surface area contributed by atoms with Gasteiger partial charge in [-0.1, -0.05) is 19.1 Å². The van der Waals surface area contributed by atoms with Crippen molar-refractivity contribution < 1.29 is 0 Å². The molecule has 2 heterocycles. The molecule has 1 atom stereocenters. The van der Waals surface area contributed by atoms with E-state index >= 15 is 0 Å². The Bertz CT molecular complexity index is 423. The Kier molecular flexibility index (Phi) is 4.43. The van der Waals surface area contributed by atoms with Gasteiger partial charge in [0.25, 0.3) is 0 Å². The molecule has 98 valence electrons. The fourth-order valence-corrected chi connectivity index (χ4v) is 2.45. The van der Waals surface area contributed by atoms with Crippen LogP contribution >= 0.6 is 12.2 Å². The van der Waals surface area contributed by atoms with Gasteiger partial charge in [0.2, 0.25) is 5.95 Å². The number of nitrogens with two attached hydrogens (primary N) is 1. The fraction of sp³-hybridized carbons (Fsp3) is 0.583. The lowest BCUT2D eigenvalue weighted by atomic mass is 10.2. The minimum Gasteiger partial charge on any atom is -0.388 e. The van der Waals surface area contributed by atoms with Crippen molar-refractivity contribution in [2.75, 3.05) is 25.0 Å². The molecular formula is C12H19N5S. The van der Waals surface area contributed by atoms with Gasteiger partial charge < -0.3 is 11.1 Å². The first-order valence-corrected chi connectivity index (χ1v) is 6.72. The SMILES string of the molecule is CCN1CCCC1CNc1nccc(C(N)=S)n1. The van der Waals surface area contributed by atoms with Crippen molar-refractivity contribution >= 4 is 23.2 Å². The molecule has 1 fully saturated rings. The molecule has 1 aliphatic heterocycles. The third-order valence-corrected chi connectivity index (χ3v) is 3.52. The van der Waals surface area contributed by atoms with Crippen molar-refractivity contribution in [2.24, 2.45) is 5.73 Å². The lowest BCUT2D eigenvalue weighted by Gasteiger charge is -2.22. The van der Waals surface area contributed by atoms with Gasteiger partial charge in [-0.05, 0) is 32.0 Å². The lowest BCUT2D eigenvalue weighted by molar-refractivity contribution is 0.277. The van der Waals surface area contributed by atoms with Gasteiger partial charge in [0.05, 0.1) is 0 Å². The summed E-state index contributed by atoms with van der Waals surface area (Å²) in [5.74, 6) is 0.600. The largest absolute Gasteiger partial charge is 0.388 e. The number of nitrogens with one attached hydrogen (secondary N) is 1. The minimum atomic E-state index is 0.302. The molecule has 0 saturated carbocycles. The van der Waals surface area contributed by atoms with Crippen molar-refractivity contribution in [2.45, 2.75) is 25.8 Å². The highest BCUT2D eigenvalue weighted by Crippen LogP contribution is 2.16. The normalized spacial score (nSPS) is 19.9. The molecule has 1 aromatic rings. The smallest absolute Gasteiger partial charge is 0.223 e. The zero-order valence-corrected chi connectivity index (χ0v) is 11.4. The third kappa shape index (κ3) is 3.14. The minimum absolute atomic E-state index is 0.302. The number of hydrogen-bond donors (Lipinski definition) is 2. The van der Waals surface area contributed by atoms with Crippen LogP contribution in [0.1, 0.15) is 25.5 Å². The standard InChI is InChI=1S/C12H19N5S/c1-2-17-7-3-4-9(17)8-15-12-14-6-5-10(16-12)11(13)18/h5-6,9H,2-4,7-8H2,1H3,(H2,13,18)(H,14,15,16). The van der Waals surface area contributed by atoms with Crippen molar-refractivity contribution in [1.82, 2.24) is 14.9 Å². The van der Waals surface area contributed by atoms with E-state index in [9.17, 15) is 0 Å². The number of rotatable bonds is 5. The van der Waals surface area contributed by atoms with E-state index in [1.807, 2.05) is 0 Å².